The van der Waals surface area contributed by atoms with Crippen LogP contribution < -0.4 is 4.72 Å². The first kappa shape index (κ1) is 19.2. The molecule has 0 saturated heterocycles. The predicted molar refractivity (Wildman–Crippen MR) is 99.5 cm³/mol. The maximum atomic E-state index is 12.4. The van der Waals surface area contributed by atoms with E-state index in [4.69, 9.17) is 11.6 Å². The molecule has 1 N–H and O–H groups in total. The van der Waals surface area contributed by atoms with Crippen molar-refractivity contribution in [2.24, 2.45) is 0 Å². The van der Waals surface area contributed by atoms with Gasteiger partial charge in [-0.05, 0) is 23.1 Å². The fourth-order valence-electron chi connectivity index (χ4n) is 2.28. The second-order valence-corrected chi connectivity index (χ2v) is 8.82. The smallest absolute Gasteiger partial charge is 0.273 e. The number of nitro benzene ring substituents is 1. The topological polar surface area (TPSA) is 89.3 Å². The monoisotopic (exact) mass is 382 g/mol. The summed E-state index contributed by atoms with van der Waals surface area (Å²) in [5.74, 6) is -0.512. The van der Waals surface area contributed by atoms with Crippen molar-refractivity contribution in [2.75, 3.05) is 4.72 Å². The average molecular weight is 383 g/mol. The van der Waals surface area contributed by atoms with Crippen LogP contribution >= 0.6 is 11.6 Å². The van der Waals surface area contributed by atoms with Gasteiger partial charge in [0.2, 0.25) is 10.0 Å². The van der Waals surface area contributed by atoms with Gasteiger partial charge in [-0.25, -0.2) is 8.42 Å². The van der Waals surface area contributed by atoms with Crippen molar-refractivity contribution in [3.8, 4) is 0 Å². The molecule has 2 aromatic carbocycles. The van der Waals surface area contributed by atoms with Gasteiger partial charge in [0.1, 0.15) is 5.75 Å². The zero-order valence-electron chi connectivity index (χ0n) is 14.1. The Bertz CT molecular complexity index is 905. The largest absolute Gasteiger partial charge is 0.282 e. The van der Waals surface area contributed by atoms with Gasteiger partial charge in [-0.2, -0.15) is 0 Å². The Hall–Kier alpha value is -2.12. The summed E-state index contributed by atoms with van der Waals surface area (Å²) in [6.07, 6.45) is 0. The number of nitrogens with one attached hydrogen (secondary N) is 1. The van der Waals surface area contributed by atoms with E-state index in [1.165, 1.54) is 18.2 Å². The van der Waals surface area contributed by atoms with Gasteiger partial charge >= 0.3 is 0 Å². The van der Waals surface area contributed by atoms with Crippen LogP contribution in [0.1, 0.15) is 31.9 Å². The van der Waals surface area contributed by atoms with Gasteiger partial charge in [0.25, 0.3) is 5.69 Å². The fraction of sp³-hybridized carbons (Fsp3) is 0.294. The molecule has 0 saturated carbocycles. The first-order valence-corrected chi connectivity index (χ1v) is 9.55. The van der Waals surface area contributed by atoms with Crippen LogP contribution in [-0.4, -0.2) is 13.3 Å². The highest BCUT2D eigenvalue weighted by atomic mass is 35.5. The Morgan fingerprint density at radius 2 is 1.80 bits per heavy atom. The summed E-state index contributed by atoms with van der Waals surface area (Å²) >= 11 is 6.19. The second kappa shape index (κ2) is 7.01. The summed E-state index contributed by atoms with van der Waals surface area (Å²) in [7, 11) is -3.85. The highest BCUT2D eigenvalue weighted by Gasteiger charge is 2.21. The van der Waals surface area contributed by atoms with Crippen molar-refractivity contribution < 1.29 is 13.3 Å². The third-order valence-corrected chi connectivity index (χ3v) is 5.17. The summed E-state index contributed by atoms with van der Waals surface area (Å²) < 4.78 is 27.2. The third kappa shape index (κ3) is 4.93. The molecule has 0 aliphatic rings. The lowest BCUT2D eigenvalue weighted by Crippen LogP contribution is -2.17. The lowest BCUT2D eigenvalue weighted by molar-refractivity contribution is -0.385. The number of anilines is 1. The van der Waals surface area contributed by atoms with Gasteiger partial charge in [-0.1, -0.05) is 56.6 Å². The predicted octanol–water partition coefficient (Wildman–Crippen LogP) is 4.49. The molecule has 0 radical (unpaired) electrons. The zero-order valence-corrected chi connectivity index (χ0v) is 15.7. The number of hydrogen-bond donors (Lipinski definition) is 1. The van der Waals surface area contributed by atoms with Gasteiger partial charge in [0, 0.05) is 11.6 Å². The second-order valence-electron chi connectivity index (χ2n) is 6.69. The van der Waals surface area contributed by atoms with Crippen LogP contribution in [0.25, 0.3) is 0 Å². The number of para-hydroxylation sites is 1. The van der Waals surface area contributed by atoms with Crippen molar-refractivity contribution >= 4 is 33.0 Å². The van der Waals surface area contributed by atoms with Crippen LogP contribution in [0, 0.1) is 10.1 Å². The molecule has 2 rings (SSSR count). The van der Waals surface area contributed by atoms with Gasteiger partial charge < -0.3 is 0 Å². The molecule has 0 aliphatic carbocycles. The molecule has 0 atom stereocenters. The van der Waals surface area contributed by atoms with Crippen LogP contribution in [0.2, 0.25) is 5.02 Å². The zero-order chi connectivity index (χ0) is 18.8. The van der Waals surface area contributed by atoms with Crippen LogP contribution in [0.5, 0.6) is 0 Å². The van der Waals surface area contributed by atoms with Crippen LogP contribution in [0.15, 0.2) is 42.5 Å². The fourth-order valence-corrected chi connectivity index (χ4v) is 3.81. The standard InChI is InChI=1S/C17H19ClN2O4S/c1-17(2,3)13-8-9-15(14(18)10-13)19-25(23,24)11-12-6-4-5-7-16(12)20(21)22/h4-10,19H,11H2,1-3H3. The quantitative estimate of drug-likeness (QED) is 0.609. The lowest BCUT2D eigenvalue weighted by Gasteiger charge is -2.20. The van der Waals surface area contributed by atoms with E-state index in [1.54, 1.807) is 24.3 Å². The molecule has 25 heavy (non-hydrogen) atoms. The summed E-state index contributed by atoms with van der Waals surface area (Å²) in [5, 5.41) is 11.3. The Balaban J connectivity index is 2.27. The van der Waals surface area contributed by atoms with Crippen LogP contribution in [0.4, 0.5) is 11.4 Å². The minimum atomic E-state index is -3.85. The van der Waals surface area contributed by atoms with Crippen LogP contribution in [0.3, 0.4) is 0 Å². The molecule has 0 heterocycles. The summed E-state index contributed by atoms with van der Waals surface area (Å²) in [6, 6.07) is 10.9. The van der Waals surface area contributed by atoms with Gasteiger partial charge in [-0.3, -0.25) is 14.8 Å². The van der Waals surface area contributed by atoms with E-state index in [0.29, 0.717) is 0 Å². The number of sulfonamides is 1. The third-order valence-electron chi connectivity index (χ3n) is 3.63. The van der Waals surface area contributed by atoms with Gasteiger partial charge in [-0.15, -0.1) is 0 Å². The van der Waals surface area contributed by atoms with E-state index in [9.17, 15) is 18.5 Å². The number of hydrogen-bond acceptors (Lipinski definition) is 4. The molecule has 6 nitrogen and oxygen atoms in total. The number of nitro groups is 1. The average Bonchev–Trinajstić information content (AvgIpc) is 2.48. The van der Waals surface area contributed by atoms with E-state index in [2.05, 4.69) is 4.72 Å². The van der Waals surface area contributed by atoms with Crippen molar-refractivity contribution in [2.45, 2.75) is 31.9 Å². The molecule has 8 heteroatoms. The van der Waals surface area contributed by atoms with Crippen molar-refractivity contribution in [1.29, 1.82) is 0 Å². The minimum Gasteiger partial charge on any atom is -0.282 e. The van der Waals surface area contributed by atoms with Crippen molar-refractivity contribution in [3.63, 3.8) is 0 Å². The van der Waals surface area contributed by atoms with Crippen molar-refractivity contribution in [1.82, 2.24) is 0 Å². The van der Waals surface area contributed by atoms with Crippen molar-refractivity contribution in [3.05, 3.63) is 68.7 Å². The summed E-state index contributed by atoms with van der Waals surface area (Å²) in [6.45, 7) is 6.07. The number of benzene rings is 2. The first-order valence-electron chi connectivity index (χ1n) is 7.52. The molecular weight excluding hydrogens is 364 g/mol. The lowest BCUT2D eigenvalue weighted by atomic mass is 9.87. The molecule has 2 aromatic rings. The summed E-state index contributed by atoms with van der Waals surface area (Å²) in [5.41, 5.74) is 0.975. The number of halogens is 1. The van der Waals surface area contributed by atoms with E-state index >= 15 is 0 Å². The van der Waals surface area contributed by atoms with E-state index < -0.39 is 20.7 Å². The SMILES string of the molecule is CC(C)(C)c1ccc(NS(=O)(=O)Cc2ccccc2[N+](=O)[O-])c(Cl)c1. The Labute approximate surface area is 152 Å². The van der Waals surface area contributed by atoms with Crippen LogP contribution in [-0.2, 0) is 21.2 Å². The molecule has 0 unspecified atom stereocenters. The Kier molecular flexibility index (Phi) is 5.39. The minimum absolute atomic E-state index is 0.113. The maximum absolute atomic E-state index is 12.4. The number of nitrogens with zero attached hydrogens (tertiary/aromatic N) is 1. The highest BCUT2D eigenvalue weighted by molar-refractivity contribution is 7.91. The maximum Gasteiger partial charge on any atom is 0.273 e. The molecule has 0 aromatic heterocycles. The van der Waals surface area contributed by atoms with E-state index in [1.807, 2.05) is 20.8 Å². The summed E-state index contributed by atoms with van der Waals surface area (Å²) in [4.78, 5) is 10.4. The molecule has 0 fully saturated rings. The Morgan fingerprint density at radius 1 is 1.16 bits per heavy atom. The normalized spacial score (nSPS) is 12.0. The van der Waals surface area contributed by atoms with E-state index in [-0.39, 0.29) is 27.4 Å². The molecular formula is C17H19ClN2O4S. The molecule has 134 valence electrons. The molecule has 0 spiro atoms. The van der Waals surface area contributed by atoms with Gasteiger partial charge in [0.05, 0.1) is 15.6 Å². The first-order chi connectivity index (χ1) is 11.5. The molecule has 0 bridgehead atoms. The number of rotatable bonds is 5. The molecule has 0 aliphatic heterocycles. The Morgan fingerprint density at radius 3 is 2.36 bits per heavy atom. The van der Waals surface area contributed by atoms with Gasteiger partial charge in [0.15, 0.2) is 0 Å². The van der Waals surface area contributed by atoms with E-state index in [0.717, 1.165) is 5.56 Å². The molecule has 0 amide bonds. The highest BCUT2D eigenvalue weighted by Crippen LogP contribution is 2.31.